The molecule has 0 aliphatic rings. The summed E-state index contributed by atoms with van der Waals surface area (Å²) in [7, 11) is -2.73. The Morgan fingerprint density at radius 1 is 1.50 bits per heavy atom. The molecular formula is C6H15O3P. The maximum absolute atomic E-state index is 10.2. The first-order valence-electron chi connectivity index (χ1n) is 3.42. The largest absolute Gasteiger partial charge is 0.326 e. The lowest BCUT2D eigenvalue weighted by atomic mass is 10.1. The molecule has 2 atom stereocenters. The lowest BCUT2D eigenvalue weighted by Crippen LogP contribution is -2.06. The van der Waals surface area contributed by atoms with Gasteiger partial charge in [0.1, 0.15) is 0 Å². The van der Waals surface area contributed by atoms with E-state index in [9.17, 15) is 4.57 Å². The Morgan fingerprint density at radius 2 is 2.00 bits per heavy atom. The Bertz CT molecular complexity index is 114. The van der Waals surface area contributed by atoms with Gasteiger partial charge in [-0.15, -0.1) is 0 Å². The first-order valence-corrected chi connectivity index (χ1v) is 4.68. The smallest absolute Gasteiger partial charge is 0.316 e. The third-order valence-electron chi connectivity index (χ3n) is 1.11. The summed E-state index contributed by atoms with van der Waals surface area (Å²) in [4.78, 5) is 8.36. The van der Waals surface area contributed by atoms with Crippen LogP contribution in [0, 0.1) is 5.92 Å². The lowest BCUT2D eigenvalue weighted by Gasteiger charge is -2.11. The van der Waals surface area contributed by atoms with Crippen LogP contribution < -0.4 is 0 Å². The van der Waals surface area contributed by atoms with Crippen molar-refractivity contribution in [1.29, 1.82) is 0 Å². The molecule has 62 valence electrons. The van der Waals surface area contributed by atoms with Crippen LogP contribution in [0.3, 0.4) is 0 Å². The minimum Gasteiger partial charge on any atom is -0.326 e. The maximum Gasteiger partial charge on any atom is 0.316 e. The zero-order valence-electron chi connectivity index (χ0n) is 6.63. The third kappa shape index (κ3) is 6.27. The zero-order chi connectivity index (χ0) is 8.15. The van der Waals surface area contributed by atoms with Gasteiger partial charge in [-0.3, -0.25) is 4.57 Å². The molecule has 0 heterocycles. The summed E-state index contributed by atoms with van der Waals surface area (Å²) in [6.45, 7) is 5.90. The second kappa shape index (κ2) is 4.89. The summed E-state index contributed by atoms with van der Waals surface area (Å²) < 4.78 is 14.8. The van der Waals surface area contributed by atoms with E-state index in [1.807, 2.05) is 0 Å². The van der Waals surface area contributed by atoms with Crippen LogP contribution in [0.15, 0.2) is 0 Å². The molecule has 2 unspecified atom stereocenters. The van der Waals surface area contributed by atoms with Crippen LogP contribution in [0.2, 0.25) is 0 Å². The Kier molecular flexibility index (Phi) is 4.96. The zero-order valence-corrected chi connectivity index (χ0v) is 7.63. The van der Waals surface area contributed by atoms with Crippen molar-refractivity contribution < 1.29 is 14.0 Å². The summed E-state index contributed by atoms with van der Waals surface area (Å²) in [6, 6.07) is 0. The fraction of sp³-hybridized carbons (Fsp3) is 1.00. The molecule has 0 saturated heterocycles. The van der Waals surface area contributed by atoms with Crippen molar-refractivity contribution in [3.63, 3.8) is 0 Å². The number of rotatable bonds is 4. The van der Waals surface area contributed by atoms with Crippen LogP contribution in [0.5, 0.6) is 0 Å². The quantitative estimate of drug-likeness (QED) is 0.648. The van der Waals surface area contributed by atoms with Crippen molar-refractivity contribution in [3.05, 3.63) is 0 Å². The van der Waals surface area contributed by atoms with Crippen LogP contribution in [0.4, 0.5) is 0 Å². The summed E-state index contributed by atoms with van der Waals surface area (Å²) in [5.41, 5.74) is 0. The first kappa shape index (κ1) is 10.2. The number of hydrogen-bond acceptors (Lipinski definition) is 2. The van der Waals surface area contributed by atoms with E-state index in [1.165, 1.54) is 0 Å². The summed E-state index contributed by atoms with van der Waals surface area (Å²) >= 11 is 0. The van der Waals surface area contributed by atoms with E-state index >= 15 is 0 Å². The average molecular weight is 166 g/mol. The van der Waals surface area contributed by atoms with E-state index in [2.05, 4.69) is 18.4 Å². The van der Waals surface area contributed by atoms with Crippen molar-refractivity contribution in [2.45, 2.75) is 33.3 Å². The van der Waals surface area contributed by atoms with Gasteiger partial charge in [-0.25, -0.2) is 0 Å². The van der Waals surface area contributed by atoms with Gasteiger partial charge in [-0.1, -0.05) is 13.8 Å². The molecule has 0 amide bonds. The average Bonchev–Trinajstić information content (AvgIpc) is 1.58. The van der Waals surface area contributed by atoms with Crippen molar-refractivity contribution in [1.82, 2.24) is 0 Å². The van der Waals surface area contributed by atoms with Gasteiger partial charge in [0.15, 0.2) is 0 Å². The molecular weight excluding hydrogens is 151 g/mol. The Morgan fingerprint density at radius 3 is 2.30 bits per heavy atom. The highest BCUT2D eigenvalue weighted by Gasteiger charge is 2.06. The summed E-state index contributed by atoms with van der Waals surface area (Å²) in [6.07, 6.45) is 0.730. The highest BCUT2D eigenvalue weighted by molar-refractivity contribution is 7.32. The molecule has 0 saturated carbocycles. The van der Waals surface area contributed by atoms with E-state index in [4.69, 9.17) is 4.89 Å². The maximum atomic E-state index is 10.2. The topological polar surface area (TPSA) is 46.5 Å². The van der Waals surface area contributed by atoms with Crippen LogP contribution in [-0.2, 0) is 9.09 Å². The Labute approximate surface area is 62.3 Å². The first-order chi connectivity index (χ1) is 4.52. The van der Waals surface area contributed by atoms with Crippen LogP contribution in [-0.4, -0.2) is 11.0 Å². The van der Waals surface area contributed by atoms with Crippen molar-refractivity contribution >= 4 is 8.25 Å². The minimum atomic E-state index is -2.73. The molecule has 0 spiro atoms. The third-order valence-corrected chi connectivity index (χ3v) is 1.71. The van der Waals surface area contributed by atoms with Crippen LogP contribution >= 0.6 is 8.25 Å². The molecule has 1 N–H and O–H groups in total. The van der Waals surface area contributed by atoms with Gasteiger partial charge in [0.25, 0.3) is 0 Å². The molecule has 10 heavy (non-hydrogen) atoms. The lowest BCUT2D eigenvalue weighted by molar-refractivity contribution is 0.181. The van der Waals surface area contributed by atoms with Gasteiger partial charge >= 0.3 is 8.25 Å². The monoisotopic (exact) mass is 166 g/mol. The van der Waals surface area contributed by atoms with Crippen LogP contribution in [0.25, 0.3) is 0 Å². The molecule has 0 rings (SSSR count). The second-order valence-electron chi connectivity index (χ2n) is 2.82. The van der Waals surface area contributed by atoms with Gasteiger partial charge in [-0.2, -0.15) is 0 Å². The van der Waals surface area contributed by atoms with Crippen molar-refractivity contribution in [2.75, 3.05) is 0 Å². The van der Waals surface area contributed by atoms with Gasteiger partial charge in [-0.05, 0) is 19.3 Å². The van der Waals surface area contributed by atoms with E-state index in [-0.39, 0.29) is 6.10 Å². The summed E-state index contributed by atoms with van der Waals surface area (Å²) in [5.74, 6) is 0.511. The fourth-order valence-electron chi connectivity index (χ4n) is 0.884. The molecule has 0 aromatic carbocycles. The molecule has 0 bridgehead atoms. The van der Waals surface area contributed by atoms with E-state index in [0.29, 0.717) is 5.92 Å². The molecule has 0 radical (unpaired) electrons. The van der Waals surface area contributed by atoms with Gasteiger partial charge in [0, 0.05) is 0 Å². The predicted octanol–water partition coefficient (Wildman–Crippen LogP) is 1.82. The highest BCUT2D eigenvalue weighted by atomic mass is 31.1. The van der Waals surface area contributed by atoms with Gasteiger partial charge < -0.3 is 9.42 Å². The molecule has 0 aliphatic heterocycles. The number of hydrogen-bond donors (Lipinski definition) is 1. The molecule has 4 heteroatoms. The summed E-state index contributed by atoms with van der Waals surface area (Å²) in [5, 5.41) is 0. The van der Waals surface area contributed by atoms with Gasteiger partial charge in [0.2, 0.25) is 0 Å². The normalized spacial score (nSPS) is 17.3. The van der Waals surface area contributed by atoms with E-state index in [1.54, 1.807) is 6.92 Å². The van der Waals surface area contributed by atoms with Crippen molar-refractivity contribution in [3.8, 4) is 0 Å². The van der Waals surface area contributed by atoms with E-state index in [0.717, 1.165) is 6.42 Å². The molecule has 0 fully saturated rings. The SMILES string of the molecule is CC(C)CC(C)O[PH](=O)O. The van der Waals surface area contributed by atoms with Gasteiger partial charge in [0.05, 0.1) is 6.10 Å². The Hall–Kier alpha value is 0.150. The fourth-order valence-corrected chi connectivity index (χ4v) is 1.32. The second-order valence-corrected chi connectivity index (χ2v) is 3.59. The molecule has 0 aromatic heterocycles. The molecule has 0 aliphatic carbocycles. The standard InChI is InChI=1S/C6H15O3P/c1-5(2)4-6(3)9-10(7)8/h5-6,10H,4H2,1-3H3,(H,7,8). The minimum absolute atomic E-state index is 0.101. The van der Waals surface area contributed by atoms with Crippen LogP contribution in [0.1, 0.15) is 27.2 Å². The molecule has 3 nitrogen and oxygen atoms in total. The highest BCUT2D eigenvalue weighted by Crippen LogP contribution is 2.21. The molecule has 0 aromatic rings. The van der Waals surface area contributed by atoms with Crippen molar-refractivity contribution in [2.24, 2.45) is 5.92 Å². The predicted molar refractivity (Wildman–Crippen MR) is 41.2 cm³/mol. The Balaban J connectivity index is 3.43. The van der Waals surface area contributed by atoms with E-state index < -0.39 is 8.25 Å².